The second-order valence-electron chi connectivity index (χ2n) is 2.82. The smallest absolute Gasteiger partial charge is 0.225 e. The van der Waals surface area contributed by atoms with E-state index in [2.05, 4.69) is 4.98 Å². The summed E-state index contributed by atoms with van der Waals surface area (Å²) in [5.41, 5.74) is 0.367. The molecule has 0 aromatic carbocycles. The largest absolute Gasteiger partial charge is 0.493 e. The number of carbonyl (C=O) groups excluding carboxylic acids is 1. The summed E-state index contributed by atoms with van der Waals surface area (Å²) in [6.07, 6.45) is 1.09. The van der Waals surface area contributed by atoms with Gasteiger partial charge in [0.15, 0.2) is 23.3 Å². The molecule has 1 atom stereocenters. The molecule has 1 aliphatic heterocycles. The Kier molecular flexibility index (Phi) is 1.69. The highest BCUT2D eigenvalue weighted by atomic mass is 16.5. The molecule has 4 heteroatoms. The highest BCUT2D eigenvalue weighted by Gasteiger charge is 2.32. The second kappa shape index (κ2) is 2.73. The van der Waals surface area contributed by atoms with Crippen LogP contribution in [-0.4, -0.2) is 24.0 Å². The van der Waals surface area contributed by atoms with Crippen LogP contribution in [0.5, 0.6) is 11.5 Å². The Balaban J connectivity index is 2.55. The van der Waals surface area contributed by atoms with Gasteiger partial charge in [-0.3, -0.25) is 4.79 Å². The van der Waals surface area contributed by atoms with Crippen molar-refractivity contribution in [1.29, 1.82) is 0 Å². The van der Waals surface area contributed by atoms with Gasteiger partial charge in [0, 0.05) is 12.3 Å². The Hall–Kier alpha value is -1.58. The average Bonchev–Trinajstić information content (AvgIpc) is 2.43. The summed E-state index contributed by atoms with van der Waals surface area (Å²) < 4.78 is 10.3. The molecule has 1 aromatic heterocycles. The molecule has 0 aliphatic carbocycles. The highest BCUT2D eigenvalue weighted by molar-refractivity contribution is 6.03. The van der Waals surface area contributed by atoms with Gasteiger partial charge in [-0.05, 0) is 6.92 Å². The zero-order chi connectivity index (χ0) is 9.42. The van der Waals surface area contributed by atoms with Crippen LogP contribution in [0.15, 0.2) is 12.3 Å². The first-order chi connectivity index (χ1) is 6.24. The predicted octanol–water partition coefficient (Wildman–Crippen LogP) is 1.05. The van der Waals surface area contributed by atoms with Crippen molar-refractivity contribution in [3.63, 3.8) is 0 Å². The lowest BCUT2D eigenvalue weighted by Gasteiger charge is -2.05. The van der Waals surface area contributed by atoms with E-state index >= 15 is 0 Å². The van der Waals surface area contributed by atoms with Gasteiger partial charge in [-0.15, -0.1) is 0 Å². The summed E-state index contributed by atoms with van der Waals surface area (Å²) >= 11 is 0. The number of fused-ring (bicyclic) bond motifs is 1. The zero-order valence-corrected chi connectivity index (χ0v) is 7.40. The quantitative estimate of drug-likeness (QED) is 0.646. The first kappa shape index (κ1) is 8.04. The van der Waals surface area contributed by atoms with Gasteiger partial charge in [0.25, 0.3) is 0 Å². The van der Waals surface area contributed by atoms with Crippen LogP contribution in [0.25, 0.3) is 0 Å². The van der Waals surface area contributed by atoms with Crippen LogP contribution in [0.1, 0.15) is 17.4 Å². The van der Waals surface area contributed by atoms with E-state index in [0.717, 1.165) is 0 Å². The van der Waals surface area contributed by atoms with E-state index in [-0.39, 0.29) is 5.78 Å². The standard InChI is InChI=1S/C9H9NO3/c1-5-8(11)7-9(13-5)6(12-2)3-4-10-7/h3-5H,1-2H3. The number of pyridine rings is 1. The van der Waals surface area contributed by atoms with Gasteiger partial charge in [-0.25, -0.2) is 4.98 Å². The zero-order valence-electron chi connectivity index (χ0n) is 7.40. The van der Waals surface area contributed by atoms with Crippen molar-refractivity contribution in [2.75, 3.05) is 7.11 Å². The van der Waals surface area contributed by atoms with Crippen LogP contribution < -0.4 is 9.47 Å². The maximum Gasteiger partial charge on any atom is 0.225 e. The molecular formula is C9H9NO3. The third-order valence-electron chi connectivity index (χ3n) is 1.99. The number of carbonyl (C=O) groups is 1. The lowest BCUT2D eigenvalue weighted by molar-refractivity contribution is 0.0874. The molecule has 0 amide bonds. The Bertz CT molecular complexity index is 362. The minimum atomic E-state index is -0.446. The number of nitrogens with zero attached hydrogens (tertiary/aromatic N) is 1. The summed E-state index contributed by atoms with van der Waals surface area (Å²) in [6.45, 7) is 1.70. The Morgan fingerprint density at radius 2 is 2.38 bits per heavy atom. The van der Waals surface area contributed by atoms with E-state index in [1.165, 1.54) is 13.3 Å². The van der Waals surface area contributed by atoms with Gasteiger partial charge in [0.1, 0.15) is 0 Å². The van der Waals surface area contributed by atoms with Gasteiger partial charge in [-0.2, -0.15) is 0 Å². The minimum Gasteiger partial charge on any atom is -0.493 e. The fraction of sp³-hybridized carbons (Fsp3) is 0.333. The molecule has 1 unspecified atom stereocenters. The molecule has 4 nitrogen and oxygen atoms in total. The molecule has 0 N–H and O–H groups in total. The predicted molar refractivity (Wildman–Crippen MR) is 45.2 cm³/mol. The van der Waals surface area contributed by atoms with Crippen molar-refractivity contribution in [1.82, 2.24) is 4.98 Å². The van der Waals surface area contributed by atoms with Crippen LogP contribution in [-0.2, 0) is 0 Å². The molecule has 0 fully saturated rings. The first-order valence-electron chi connectivity index (χ1n) is 3.98. The number of hydrogen-bond donors (Lipinski definition) is 0. The lowest BCUT2D eigenvalue weighted by atomic mass is 10.2. The minimum absolute atomic E-state index is 0.0890. The van der Waals surface area contributed by atoms with Gasteiger partial charge in [0.05, 0.1) is 7.11 Å². The van der Waals surface area contributed by atoms with Crippen LogP contribution in [0, 0.1) is 0 Å². The molecule has 0 spiro atoms. The van der Waals surface area contributed by atoms with E-state index in [1.54, 1.807) is 13.0 Å². The number of Topliss-reactive ketones (excluding diaryl/α,β-unsaturated/α-hetero) is 1. The van der Waals surface area contributed by atoms with Crippen molar-refractivity contribution in [3.8, 4) is 11.5 Å². The number of ketones is 1. The fourth-order valence-electron chi connectivity index (χ4n) is 1.30. The summed E-state index contributed by atoms with van der Waals surface area (Å²) in [5.74, 6) is 0.930. The van der Waals surface area contributed by atoms with Gasteiger partial charge < -0.3 is 9.47 Å². The molecule has 13 heavy (non-hydrogen) atoms. The van der Waals surface area contributed by atoms with E-state index in [9.17, 15) is 4.79 Å². The Labute approximate surface area is 75.5 Å². The van der Waals surface area contributed by atoms with E-state index in [1.807, 2.05) is 0 Å². The van der Waals surface area contributed by atoms with Crippen LogP contribution in [0.2, 0.25) is 0 Å². The summed E-state index contributed by atoms with van der Waals surface area (Å²) in [6, 6.07) is 1.67. The van der Waals surface area contributed by atoms with Gasteiger partial charge >= 0.3 is 0 Å². The number of methoxy groups -OCH3 is 1. The number of ether oxygens (including phenoxy) is 2. The number of rotatable bonds is 1. The fourth-order valence-corrected chi connectivity index (χ4v) is 1.30. The van der Waals surface area contributed by atoms with Crippen molar-refractivity contribution in [2.45, 2.75) is 13.0 Å². The van der Waals surface area contributed by atoms with Crippen molar-refractivity contribution < 1.29 is 14.3 Å². The van der Waals surface area contributed by atoms with E-state index in [0.29, 0.717) is 17.2 Å². The first-order valence-corrected chi connectivity index (χ1v) is 3.98. The van der Waals surface area contributed by atoms with E-state index in [4.69, 9.17) is 9.47 Å². The molecule has 2 rings (SSSR count). The third kappa shape index (κ3) is 1.06. The maximum absolute atomic E-state index is 11.4. The normalized spacial score (nSPS) is 19.5. The summed E-state index contributed by atoms with van der Waals surface area (Å²) in [7, 11) is 1.53. The summed E-state index contributed by atoms with van der Waals surface area (Å²) in [4.78, 5) is 15.4. The molecular weight excluding hydrogens is 170 g/mol. The lowest BCUT2D eigenvalue weighted by Crippen LogP contribution is -2.15. The molecule has 0 radical (unpaired) electrons. The van der Waals surface area contributed by atoms with Gasteiger partial charge in [-0.1, -0.05) is 0 Å². The third-order valence-corrected chi connectivity index (χ3v) is 1.99. The second-order valence-corrected chi connectivity index (χ2v) is 2.82. The monoisotopic (exact) mass is 179 g/mol. The number of hydrogen-bond acceptors (Lipinski definition) is 4. The van der Waals surface area contributed by atoms with Crippen LogP contribution in [0.3, 0.4) is 0 Å². The Morgan fingerprint density at radius 1 is 1.62 bits per heavy atom. The SMILES string of the molecule is COc1ccnc2c1OC(C)C2=O. The number of aromatic nitrogens is 1. The Morgan fingerprint density at radius 3 is 3.08 bits per heavy atom. The van der Waals surface area contributed by atoms with Crippen LogP contribution in [0.4, 0.5) is 0 Å². The van der Waals surface area contributed by atoms with Gasteiger partial charge in [0.2, 0.25) is 5.78 Å². The van der Waals surface area contributed by atoms with Crippen LogP contribution >= 0.6 is 0 Å². The molecule has 0 saturated carbocycles. The van der Waals surface area contributed by atoms with Crippen molar-refractivity contribution >= 4 is 5.78 Å². The van der Waals surface area contributed by atoms with Crippen molar-refractivity contribution in [2.24, 2.45) is 0 Å². The molecule has 0 saturated heterocycles. The summed E-state index contributed by atoms with van der Waals surface area (Å²) in [5, 5.41) is 0. The molecule has 0 bridgehead atoms. The molecule has 1 aliphatic rings. The average molecular weight is 179 g/mol. The molecule has 2 heterocycles. The topological polar surface area (TPSA) is 48.4 Å². The van der Waals surface area contributed by atoms with E-state index < -0.39 is 6.10 Å². The van der Waals surface area contributed by atoms with Crippen molar-refractivity contribution in [3.05, 3.63) is 18.0 Å². The molecule has 68 valence electrons. The molecule has 1 aromatic rings. The highest BCUT2D eigenvalue weighted by Crippen LogP contribution is 2.35. The maximum atomic E-state index is 11.4.